The van der Waals surface area contributed by atoms with Crippen LogP contribution in [0.25, 0.3) is 0 Å². The predicted octanol–water partition coefficient (Wildman–Crippen LogP) is 1.55. The Balaban J connectivity index is 1.81. The van der Waals surface area contributed by atoms with Crippen LogP contribution in [0.3, 0.4) is 0 Å². The number of nitrogen functional groups attached to an aromatic ring is 1. The minimum atomic E-state index is -0.767. The zero-order valence-electron chi connectivity index (χ0n) is 19.0. The minimum absolute atomic E-state index is 0.0683. The maximum atomic E-state index is 13.3. The molecule has 0 saturated heterocycles. The molecule has 0 spiro atoms. The van der Waals surface area contributed by atoms with Gasteiger partial charge in [0.15, 0.2) is 5.78 Å². The molecule has 3 N–H and O–H groups in total. The van der Waals surface area contributed by atoms with Gasteiger partial charge in [0.25, 0.3) is 5.56 Å². The van der Waals surface area contributed by atoms with E-state index in [-0.39, 0.29) is 43.2 Å². The van der Waals surface area contributed by atoms with Crippen molar-refractivity contribution in [3.05, 3.63) is 92.4 Å². The van der Waals surface area contributed by atoms with Crippen LogP contribution in [0.1, 0.15) is 22.8 Å². The maximum absolute atomic E-state index is 13.3. The summed E-state index contributed by atoms with van der Waals surface area (Å²) in [7, 11) is 1.53. The summed E-state index contributed by atoms with van der Waals surface area (Å²) >= 11 is 0. The van der Waals surface area contributed by atoms with Gasteiger partial charge in [-0.1, -0.05) is 36.4 Å². The van der Waals surface area contributed by atoms with Crippen LogP contribution in [0, 0.1) is 5.82 Å². The molecule has 0 unspecified atom stereocenters. The van der Waals surface area contributed by atoms with E-state index in [1.54, 1.807) is 19.1 Å². The number of carbonyl (C=O) groups is 2. The van der Waals surface area contributed by atoms with Gasteiger partial charge in [0.1, 0.15) is 17.2 Å². The molecule has 9 nitrogen and oxygen atoms in total. The van der Waals surface area contributed by atoms with Gasteiger partial charge in [-0.2, -0.15) is 0 Å². The van der Waals surface area contributed by atoms with Gasteiger partial charge < -0.3 is 11.1 Å². The number of aromatic nitrogens is 2. The Hall–Kier alpha value is -4.05. The van der Waals surface area contributed by atoms with Crippen LogP contribution in [0.15, 0.2) is 64.2 Å². The summed E-state index contributed by atoms with van der Waals surface area (Å²) in [6.45, 7) is 1.32. The second-order valence-corrected chi connectivity index (χ2v) is 7.82. The topological polar surface area (TPSA) is 119 Å². The molecule has 0 aliphatic rings. The lowest BCUT2D eigenvalue weighted by Gasteiger charge is -2.18. The lowest BCUT2D eigenvalue weighted by atomic mass is 10.1. The molecule has 2 aromatic carbocycles. The van der Waals surface area contributed by atoms with Gasteiger partial charge in [-0.3, -0.25) is 28.4 Å². The number of Topliss-reactive ketones (excluding diaryl/α,β-unsaturated/α-hetero) is 1. The van der Waals surface area contributed by atoms with Crippen molar-refractivity contribution in [1.29, 1.82) is 0 Å². The molecule has 1 heterocycles. The van der Waals surface area contributed by atoms with Gasteiger partial charge in [-0.05, 0) is 37.7 Å². The summed E-state index contributed by atoms with van der Waals surface area (Å²) in [5.74, 6) is -1.79. The number of nitrogens with two attached hydrogens (primary N) is 1. The Bertz CT molecular complexity index is 1320. The Kier molecular flexibility index (Phi) is 7.75. The van der Waals surface area contributed by atoms with Gasteiger partial charge in [0, 0.05) is 12.2 Å². The van der Waals surface area contributed by atoms with Gasteiger partial charge in [0.2, 0.25) is 5.91 Å². The molecule has 1 amide bonds. The number of nitrogens with one attached hydrogen (secondary N) is 1. The number of carbonyl (C=O) groups excluding carboxylic acids is 2. The third-order valence-corrected chi connectivity index (χ3v) is 5.18. The van der Waals surface area contributed by atoms with Gasteiger partial charge in [0.05, 0.1) is 19.6 Å². The first kappa shape index (κ1) is 24.6. The highest BCUT2D eigenvalue weighted by molar-refractivity contribution is 6.01. The number of hydrogen-bond donors (Lipinski definition) is 2. The predicted molar refractivity (Wildman–Crippen MR) is 127 cm³/mol. The number of ketones is 1. The number of benzene rings is 2. The van der Waals surface area contributed by atoms with Crippen LogP contribution in [-0.2, 0) is 17.9 Å². The molecule has 3 aromatic rings. The van der Waals surface area contributed by atoms with Gasteiger partial charge in [-0.25, -0.2) is 9.18 Å². The number of halogens is 1. The first-order chi connectivity index (χ1) is 16.2. The fourth-order valence-electron chi connectivity index (χ4n) is 3.57. The molecule has 0 saturated carbocycles. The number of likely N-dealkylation sites (N-methyl/N-ethyl adjacent to an activating group) is 1. The minimum Gasteiger partial charge on any atom is -0.384 e. The third-order valence-electron chi connectivity index (χ3n) is 5.18. The quantitative estimate of drug-likeness (QED) is 0.461. The van der Waals surface area contributed by atoms with E-state index in [4.69, 9.17) is 5.73 Å². The van der Waals surface area contributed by atoms with E-state index in [0.717, 1.165) is 10.1 Å². The first-order valence-corrected chi connectivity index (χ1v) is 10.7. The molecular weight excluding hydrogens is 441 g/mol. The first-order valence-electron chi connectivity index (χ1n) is 10.7. The summed E-state index contributed by atoms with van der Waals surface area (Å²) in [6.07, 6.45) is 0. The molecule has 0 fully saturated rings. The molecule has 0 aliphatic carbocycles. The van der Waals surface area contributed by atoms with Gasteiger partial charge in [-0.15, -0.1) is 0 Å². The number of amides is 1. The standard InChI is InChI=1S/C24H26FN5O4/c1-3-29-23(33)21(22(26)30(24(29)34)13-16-8-5-4-6-9-16)19(31)14-28(2)15-20(32)27-18-11-7-10-17(25)12-18/h4-12H,3,13-15,26H2,1-2H3,(H,27,32). The van der Waals surface area contributed by atoms with E-state index in [9.17, 15) is 23.6 Å². The van der Waals surface area contributed by atoms with E-state index in [1.807, 2.05) is 18.2 Å². The molecule has 34 heavy (non-hydrogen) atoms. The summed E-state index contributed by atoms with van der Waals surface area (Å²) in [5.41, 5.74) is 5.54. The summed E-state index contributed by atoms with van der Waals surface area (Å²) in [5, 5.41) is 2.54. The zero-order chi connectivity index (χ0) is 24.8. The summed E-state index contributed by atoms with van der Waals surface area (Å²) in [6, 6.07) is 14.5. The SMILES string of the molecule is CCn1c(=O)c(C(=O)CN(C)CC(=O)Nc2cccc(F)c2)c(N)n(Cc2ccccc2)c1=O. The molecule has 0 aliphatic heterocycles. The number of rotatable bonds is 9. The maximum Gasteiger partial charge on any atom is 0.332 e. The average molecular weight is 468 g/mol. The lowest BCUT2D eigenvalue weighted by molar-refractivity contribution is -0.116. The molecule has 1 aromatic heterocycles. The van der Waals surface area contributed by atoms with Crippen molar-refractivity contribution in [3.8, 4) is 0 Å². The fourth-order valence-corrected chi connectivity index (χ4v) is 3.57. The Labute approximate surface area is 195 Å². The second kappa shape index (κ2) is 10.7. The van der Waals surface area contributed by atoms with Gasteiger partial charge >= 0.3 is 5.69 Å². The molecule has 0 atom stereocenters. The highest BCUT2D eigenvalue weighted by Crippen LogP contribution is 2.11. The number of hydrogen-bond acceptors (Lipinski definition) is 6. The summed E-state index contributed by atoms with van der Waals surface area (Å²) in [4.78, 5) is 52.4. The number of anilines is 2. The fraction of sp³-hybridized carbons (Fsp3) is 0.250. The third kappa shape index (κ3) is 5.65. The average Bonchev–Trinajstić information content (AvgIpc) is 2.77. The largest absolute Gasteiger partial charge is 0.384 e. The summed E-state index contributed by atoms with van der Waals surface area (Å²) < 4.78 is 15.5. The van der Waals surface area contributed by atoms with Crippen molar-refractivity contribution >= 4 is 23.2 Å². The Morgan fingerprint density at radius 3 is 2.38 bits per heavy atom. The van der Waals surface area contributed by atoms with E-state index >= 15 is 0 Å². The van der Waals surface area contributed by atoms with Crippen LogP contribution >= 0.6 is 0 Å². The van der Waals surface area contributed by atoms with Crippen LogP contribution in [-0.4, -0.2) is 45.9 Å². The van der Waals surface area contributed by atoms with Crippen LogP contribution < -0.4 is 22.3 Å². The van der Waals surface area contributed by atoms with Crippen molar-refractivity contribution in [3.63, 3.8) is 0 Å². The molecule has 0 radical (unpaired) electrons. The molecule has 10 heteroatoms. The van der Waals surface area contributed by atoms with Crippen molar-refractivity contribution < 1.29 is 14.0 Å². The molecule has 178 valence electrons. The normalized spacial score (nSPS) is 10.9. The smallest absolute Gasteiger partial charge is 0.332 e. The van der Waals surface area contributed by atoms with Crippen molar-refractivity contribution in [1.82, 2.24) is 14.0 Å². The van der Waals surface area contributed by atoms with Crippen molar-refractivity contribution in [2.75, 3.05) is 31.2 Å². The van der Waals surface area contributed by atoms with E-state index < -0.39 is 28.8 Å². The van der Waals surface area contributed by atoms with E-state index in [0.29, 0.717) is 0 Å². The van der Waals surface area contributed by atoms with Crippen LogP contribution in [0.5, 0.6) is 0 Å². The van der Waals surface area contributed by atoms with E-state index in [1.165, 1.54) is 40.8 Å². The molecular formula is C24H26FN5O4. The van der Waals surface area contributed by atoms with Crippen molar-refractivity contribution in [2.24, 2.45) is 0 Å². The highest BCUT2D eigenvalue weighted by Gasteiger charge is 2.24. The van der Waals surface area contributed by atoms with E-state index in [2.05, 4.69) is 5.32 Å². The monoisotopic (exact) mass is 467 g/mol. The Morgan fingerprint density at radius 1 is 1.03 bits per heavy atom. The molecule has 0 bridgehead atoms. The zero-order valence-corrected chi connectivity index (χ0v) is 19.0. The lowest BCUT2D eigenvalue weighted by Crippen LogP contribution is -2.45. The Morgan fingerprint density at radius 2 is 1.74 bits per heavy atom. The second-order valence-electron chi connectivity index (χ2n) is 7.82. The number of nitrogens with zero attached hydrogens (tertiary/aromatic N) is 3. The van der Waals surface area contributed by atoms with Crippen LogP contribution in [0.2, 0.25) is 0 Å². The molecule has 3 rings (SSSR count). The highest BCUT2D eigenvalue weighted by atomic mass is 19.1. The van der Waals surface area contributed by atoms with Crippen LogP contribution in [0.4, 0.5) is 15.9 Å². The van der Waals surface area contributed by atoms with Crippen molar-refractivity contribution in [2.45, 2.75) is 20.0 Å².